The molecule has 0 bridgehead atoms. The van der Waals surface area contributed by atoms with E-state index in [1.165, 1.54) is 6.42 Å². The van der Waals surface area contributed by atoms with Gasteiger partial charge in [-0.3, -0.25) is 0 Å². The van der Waals surface area contributed by atoms with Crippen LogP contribution in [0.25, 0.3) is 0 Å². The molecule has 0 amide bonds. The van der Waals surface area contributed by atoms with Gasteiger partial charge in [-0.05, 0) is 56.0 Å². The molecular formula is C15H23NO3. The van der Waals surface area contributed by atoms with Crippen molar-refractivity contribution in [3.05, 3.63) is 23.8 Å². The Hall–Kier alpha value is -1.26. The van der Waals surface area contributed by atoms with Crippen LogP contribution >= 0.6 is 0 Å². The Labute approximate surface area is 114 Å². The Kier molecular flexibility index (Phi) is 5.48. The van der Waals surface area contributed by atoms with E-state index < -0.39 is 0 Å². The zero-order valence-corrected chi connectivity index (χ0v) is 11.6. The maximum Gasteiger partial charge on any atom is 0.122 e. The van der Waals surface area contributed by atoms with Gasteiger partial charge < -0.3 is 19.9 Å². The van der Waals surface area contributed by atoms with Crippen molar-refractivity contribution in [2.75, 3.05) is 26.9 Å². The summed E-state index contributed by atoms with van der Waals surface area (Å²) >= 11 is 0. The summed E-state index contributed by atoms with van der Waals surface area (Å²) in [6.45, 7) is 2.07. The fourth-order valence-electron chi connectivity index (χ4n) is 2.30. The van der Waals surface area contributed by atoms with E-state index in [9.17, 15) is 0 Å². The van der Waals surface area contributed by atoms with Crippen LogP contribution in [0.5, 0.6) is 11.5 Å². The minimum absolute atomic E-state index is 0.224. The highest BCUT2D eigenvalue weighted by Gasteiger charge is 2.15. The van der Waals surface area contributed by atoms with Crippen LogP contribution in [0, 0.1) is 0 Å². The molecule has 0 saturated carbocycles. The Morgan fingerprint density at radius 1 is 1.37 bits per heavy atom. The van der Waals surface area contributed by atoms with Crippen LogP contribution in [0.3, 0.4) is 0 Å². The van der Waals surface area contributed by atoms with Crippen molar-refractivity contribution in [3.8, 4) is 11.5 Å². The third kappa shape index (κ3) is 4.11. The van der Waals surface area contributed by atoms with Gasteiger partial charge in [0.25, 0.3) is 0 Å². The van der Waals surface area contributed by atoms with Crippen LogP contribution < -0.4 is 15.2 Å². The van der Waals surface area contributed by atoms with Crippen LogP contribution in [-0.4, -0.2) is 33.0 Å². The average molecular weight is 265 g/mol. The lowest BCUT2D eigenvalue weighted by Gasteiger charge is -2.23. The molecule has 1 aromatic carbocycles. The summed E-state index contributed by atoms with van der Waals surface area (Å²) in [6.07, 6.45) is 4.49. The Bertz CT molecular complexity index is 389. The maximum absolute atomic E-state index is 5.89. The molecule has 19 heavy (non-hydrogen) atoms. The third-order valence-corrected chi connectivity index (χ3v) is 3.38. The van der Waals surface area contributed by atoms with Crippen molar-refractivity contribution in [1.29, 1.82) is 0 Å². The molecule has 0 aromatic heterocycles. The van der Waals surface area contributed by atoms with Gasteiger partial charge in [0, 0.05) is 6.61 Å². The van der Waals surface area contributed by atoms with Gasteiger partial charge in [0.15, 0.2) is 0 Å². The zero-order chi connectivity index (χ0) is 13.5. The number of nitrogens with two attached hydrogens (primary N) is 1. The number of ether oxygens (including phenoxy) is 3. The molecule has 1 aliphatic rings. The molecule has 4 nitrogen and oxygen atoms in total. The van der Waals surface area contributed by atoms with E-state index in [0.717, 1.165) is 42.9 Å². The molecule has 1 aliphatic heterocycles. The number of hydrogen-bond donors (Lipinski definition) is 1. The molecule has 4 heteroatoms. The second kappa shape index (κ2) is 7.36. The molecule has 1 heterocycles. The van der Waals surface area contributed by atoms with Crippen molar-refractivity contribution in [2.24, 2.45) is 5.73 Å². The molecule has 1 aromatic rings. The molecule has 1 unspecified atom stereocenters. The standard InChI is InChI=1S/C15H23NO3/c1-17-13-5-6-15(12(10-13)7-8-16)19-11-14-4-2-3-9-18-14/h5-6,10,14H,2-4,7-9,11,16H2,1H3. The minimum Gasteiger partial charge on any atom is -0.497 e. The normalized spacial score (nSPS) is 19.2. The second-order valence-electron chi connectivity index (χ2n) is 4.81. The fraction of sp³-hybridized carbons (Fsp3) is 0.600. The average Bonchev–Trinajstić information content (AvgIpc) is 2.47. The van der Waals surface area contributed by atoms with Crippen molar-refractivity contribution < 1.29 is 14.2 Å². The monoisotopic (exact) mass is 265 g/mol. The van der Waals surface area contributed by atoms with Gasteiger partial charge in [-0.25, -0.2) is 0 Å². The third-order valence-electron chi connectivity index (χ3n) is 3.38. The molecule has 106 valence electrons. The summed E-state index contributed by atoms with van der Waals surface area (Å²) < 4.78 is 16.8. The first-order valence-corrected chi connectivity index (χ1v) is 6.95. The lowest BCUT2D eigenvalue weighted by molar-refractivity contribution is -0.0112. The predicted octanol–water partition coefficient (Wildman–Crippen LogP) is 2.14. The van der Waals surface area contributed by atoms with Crippen LogP contribution in [0.2, 0.25) is 0 Å². The van der Waals surface area contributed by atoms with Crippen LogP contribution in [-0.2, 0) is 11.2 Å². The molecule has 2 rings (SSSR count). The summed E-state index contributed by atoms with van der Waals surface area (Å²) in [6, 6.07) is 5.85. The summed E-state index contributed by atoms with van der Waals surface area (Å²) in [5, 5.41) is 0. The van der Waals surface area contributed by atoms with E-state index in [-0.39, 0.29) is 6.10 Å². The SMILES string of the molecule is COc1ccc(OCC2CCCCO2)c(CCN)c1. The number of methoxy groups -OCH3 is 1. The molecule has 1 saturated heterocycles. The Balaban J connectivity index is 1.97. The fourth-order valence-corrected chi connectivity index (χ4v) is 2.30. The Morgan fingerprint density at radius 2 is 2.26 bits per heavy atom. The van der Waals surface area contributed by atoms with Crippen molar-refractivity contribution >= 4 is 0 Å². The van der Waals surface area contributed by atoms with E-state index in [4.69, 9.17) is 19.9 Å². The van der Waals surface area contributed by atoms with Gasteiger partial charge in [-0.1, -0.05) is 0 Å². The summed E-state index contributed by atoms with van der Waals surface area (Å²) in [4.78, 5) is 0. The van der Waals surface area contributed by atoms with Crippen molar-refractivity contribution in [1.82, 2.24) is 0 Å². The van der Waals surface area contributed by atoms with Gasteiger partial charge in [0.1, 0.15) is 18.1 Å². The number of hydrogen-bond acceptors (Lipinski definition) is 4. The highest BCUT2D eigenvalue weighted by atomic mass is 16.5. The van der Waals surface area contributed by atoms with Crippen molar-refractivity contribution in [2.45, 2.75) is 31.8 Å². The lowest BCUT2D eigenvalue weighted by atomic mass is 10.1. The molecular weight excluding hydrogens is 242 g/mol. The second-order valence-corrected chi connectivity index (χ2v) is 4.81. The molecule has 1 fully saturated rings. The first-order chi connectivity index (χ1) is 9.33. The highest BCUT2D eigenvalue weighted by Crippen LogP contribution is 2.25. The van der Waals surface area contributed by atoms with Gasteiger partial charge >= 0.3 is 0 Å². The van der Waals surface area contributed by atoms with E-state index in [2.05, 4.69) is 0 Å². The number of rotatable bonds is 6. The predicted molar refractivity (Wildman–Crippen MR) is 74.8 cm³/mol. The number of benzene rings is 1. The van der Waals surface area contributed by atoms with Crippen LogP contribution in [0.1, 0.15) is 24.8 Å². The van der Waals surface area contributed by atoms with E-state index in [0.29, 0.717) is 13.2 Å². The smallest absolute Gasteiger partial charge is 0.122 e. The summed E-state index contributed by atoms with van der Waals surface area (Å²) in [5.41, 5.74) is 6.73. The topological polar surface area (TPSA) is 53.7 Å². The first kappa shape index (κ1) is 14.2. The minimum atomic E-state index is 0.224. The van der Waals surface area contributed by atoms with Gasteiger partial charge in [0.05, 0.1) is 13.2 Å². The summed E-state index contributed by atoms with van der Waals surface area (Å²) in [5.74, 6) is 1.73. The zero-order valence-electron chi connectivity index (χ0n) is 11.6. The van der Waals surface area contributed by atoms with E-state index >= 15 is 0 Å². The molecule has 0 aliphatic carbocycles. The van der Waals surface area contributed by atoms with Gasteiger partial charge in [0.2, 0.25) is 0 Å². The first-order valence-electron chi connectivity index (χ1n) is 6.95. The maximum atomic E-state index is 5.89. The lowest BCUT2D eigenvalue weighted by Crippen LogP contribution is -2.26. The van der Waals surface area contributed by atoms with Crippen LogP contribution in [0.15, 0.2) is 18.2 Å². The summed E-state index contributed by atoms with van der Waals surface area (Å²) in [7, 11) is 1.66. The van der Waals surface area contributed by atoms with Crippen LogP contribution in [0.4, 0.5) is 0 Å². The molecule has 0 radical (unpaired) electrons. The quantitative estimate of drug-likeness (QED) is 0.856. The van der Waals surface area contributed by atoms with E-state index in [1.807, 2.05) is 18.2 Å². The highest BCUT2D eigenvalue weighted by molar-refractivity contribution is 5.40. The van der Waals surface area contributed by atoms with Gasteiger partial charge in [-0.2, -0.15) is 0 Å². The molecule has 1 atom stereocenters. The van der Waals surface area contributed by atoms with E-state index in [1.54, 1.807) is 7.11 Å². The molecule has 2 N–H and O–H groups in total. The van der Waals surface area contributed by atoms with Gasteiger partial charge in [-0.15, -0.1) is 0 Å². The Morgan fingerprint density at radius 3 is 2.95 bits per heavy atom. The molecule has 0 spiro atoms. The van der Waals surface area contributed by atoms with Crippen molar-refractivity contribution in [3.63, 3.8) is 0 Å². The largest absolute Gasteiger partial charge is 0.497 e.